The van der Waals surface area contributed by atoms with Crippen molar-refractivity contribution in [3.05, 3.63) is 34.6 Å². The summed E-state index contributed by atoms with van der Waals surface area (Å²) in [6.45, 7) is 3.19. The van der Waals surface area contributed by atoms with E-state index in [0.29, 0.717) is 5.01 Å². The average Bonchev–Trinajstić information content (AvgIpc) is 3.57. The molecular weight excluding hydrogens is 618 g/mol. The van der Waals surface area contributed by atoms with E-state index in [9.17, 15) is 24.3 Å². The molecule has 1 aliphatic rings. The highest BCUT2D eigenvalue weighted by atomic mass is 35.5. The van der Waals surface area contributed by atoms with E-state index in [1.165, 1.54) is 56.4 Å². The van der Waals surface area contributed by atoms with Crippen LogP contribution in [0, 0.1) is 0 Å². The van der Waals surface area contributed by atoms with E-state index in [1.807, 2.05) is 0 Å². The van der Waals surface area contributed by atoms with Gasteiger partial charge in [0.05, 0.1) is 23.7 Å². The molecule has 1 N–H and O–H groups in total. The molecule has 42 heavy (non-hydrogen) atoms. The maximum Gasteiger partial charge on any atom is 0.357 e. The molecule has 18 heteroatoms. The molecule has 0 radical (unpaired) electrons. The maximum atomic E-state index is 12.5. The summed E-state index contributed by atoms with van der Waals surface area (Å²) in [5.74, 6) is -3.00. The standard InChI is InChI=1S/C24H24ClN5O10S2/c1-10(31)37-8-15-20(38-11(2)32)19(30-7-14(28-29-30)22-27-17(34)9-41-22)21(39-12(3)33)24(40-15)42-16-5-13(25)6-26-18(16)23(35)36-4/h5-7,9,15,19-21,24,34H,8H2,1-4H3/t15?,19?,20-,21?,24+/m0/s1. The summed E-state index contributed by atoms with van der Waals surface area (Å²) in [5, 5.41) is 19.9. The molecule has 15 nitrogen and oxygen atoms in total. The monoisotopic (exact) mass is 641 g/mol. The van der Waals surface area contributed by atoms with E-state index in [2.05, 4.69) is 20.3 Å². The zero-order valence-electron chi connectivity index (χ0n) is 22.5. The molecule has 1 saturated heterocycles. The minimum absolute atomic E-state index is 0.0844. The molecule has 0 aromatic carbocycles. The Kier molecular flexibility index (Phi) is 9.97. The van der Waals surface area contributed by atoms with E-state index in [1.54, 1.807) is 0 Å². The number of carbonyl (C=O) groups excluding carboxylic acids is 4. The number of methoxy groups -OCH3 is 1. The fraction of sp³-hybridized carbons (Fsp3) is 0.417. The van der Waals surface area contributed by atoms with Crippen molar-refractivity contribution in [3.8, 4) is 16.6 Å². The molecule has 4 rings (SSSR count). The Bertz CT molecular complexity index is 1480. The predicted molar refractivity (Wildman–Crippen MR) is 145 cm³/mol. The van der Waals surface area contributed by atoms with Crippen LogP contribution in [0.2, 0.25) is 5.02 Å². The number of hydrogen-bond donors (Lipinski definition) is 1. The van der Waals surface area contributed by atoms with Crippen LogP contribution in [-0.2, 0) is 38.1 Å². The summed E-state index contributed by atoms with van der Waals surface area (Å²) in [4.78, 5) is 57.1. The van der Waals surface area contributed by atoms with Gasteiger partial charge in [0.1, 0.15) is 34.9 Å². The van der Waals surface area contributed by atoms with Gasteiger partial charge in [-0.25, -0.2) is 19.4 Å². The fourth-order valence-electron chi connectivity index (χ4n) is 4.07. The number of ether oxygens (including phenoxy) is 5. The van der Waals surface area contributed by atoms with Crippen LogP contribution in [0.3, 0.4) is 0 Å². The van der Waals surface area contributed by atoms with Crippen molar-refractivity contribution in [2.45, 2.75) is 55.5 Å². The summed E-state index contributed by atoms with van der Waals surface area (Å²) in [6, 6.07) is 0.365. The van der Waals surface area contributed by atoms with Crippen LogP contribution in [0.15, 0.2) is 28.7 Å². The van der Waals surface area contributed by atoms with E-state index in [-0.39, 0.29) is 33.8 Å². The lowest BCUT2D eigenvalue weighted by atomic mass is 9.96. The van der Waals surface area contributed by atoms with Crippen molar-refractivity contribution in [1.29, 1.82) is 0 Å². The molecule has 3 unspecified atom stereocenters. The normalized spacial score (nSPS) is 21.8. The Labute approximate surface area is 251 Å². The molecule has 3 aromatic heterocycles. The Balaban J connectivity index is 1.83. The van der Waals surface area contributed by atoms with Crippen LogP contribution < -0.4 is 0 Å². The number of carbonyl (C=O) groups is 4. The first-order valence-electron chi connectivity index (χ1n) is 12.1. The number of aromatic nitrogens is 5. The third-order valence-corrected chi connectivity index (χ3v) is 7.88. The number of halogens is 1. The first-order valence-corrected chi connectivity index (χ1v) is 14.2. The number of pyridine rings is 1. The summed E-state index contributed by atoms with van der Waals surface area (Å²) in [5.41, 5.74) is -0.937. The third-order valence-electron chi connectivity index (χ3n) is 5.64. The zero-order valence-corrected chi connectivity index (χ0v) is 24.8. The number of esters is 4. The molecular formula is C24H24ClN5O10S2. The molecule has 4 heterocycles. The lowest BCUT2D eigenvalue weighted by Gasteiger charge is -2.44. The molecule has 5 atom stereocenters. The second kappa shape index (κ2) is 13.5. The highest BCUT2D eigenvalue weighted by Crippen LogP contribution is 2.42. The topological polar surface area (TPSA) is 191 Å². The maximum absolute atomic E-state index is 12.5. The third kappa shape index (κ3) is 7.33. The van der Waals surface area contributed by atoms with Gasteiger partial charge in [-0.1, -0.05) is 28.6 Å². The van der Waals surface area contributed by atoms with Crippen LogP contribution in [0.25, 0.3) is 10.7 Å². The van der Waals surface area contributed by atoms with Crippen LogP contribution in [0.1, 0.15) is 37.3 Å². The van der Waals surface area contributed by atoms with E-state index < -0.39 is 53.7 Å². The Morgan fingerprint density at radius 3 is 2.48 bits per heavy atom. The van der Waals surface area contributed by atoms with Gasteiger partial charge < -0.3 is 28.8 Å². The second-order valence-electron chi connectivity index (χ2n) is 8.69. The summed E-state index contributed by atoms with van der Waals surface area (Å²) in [7, 11) is 1.19. The summed E-state index contributed by atoms with van der Waals surface area (Å²) < 4.78 is 28.9. The van der Waals surface area contributed by atoms with Gasteiger partial charge in [0.2, 0.25) is 5.88 Å². The first-order chi connectivity index (χ1) is 20.0. The smallest absolute Gasteiger partial charge is 0.357 e. The number of thioether (sulfide) groups is 1. The van der Waals surface area contributed by atoms with Crippen molar-refractivity contribution < 1.29 is 48.0 Å². The molecule has 0 aliphatic carbocycles. The molecule has 1 aliphatic heterocycles. The Hall–Kier alpha value is -3.80. The van der Waals surface area contributed by atoms with Crippen LogP contribution in [0.5, 0.6) is 5.88 Å². The largest absolute Gasteiger partial charge is 0.493 e. The van der Waals surface area contributed by atoms with Gasteiger partial charge in [0.25, 0.3) is 0 Å². The molecule has 0 saturated carbocycles. The van der Waals surface area contributed by atoms with Crippen molar-refractivity contribution in [3.63, 3.8) is 0 Å². The average molecular weight is 642 g/mol. The van der Waals surface area contributed by atoms with Gasteiger partial charge in [0, 0.05) is 31.9 Å². The van der Waals surface area contributed by atoms with E-state index >= 15 is 0 Å². The number of hydrogen-bond acceptors (Lipinski definition) is 16. The van der Waals surface area contributed by atoms with Gasteiger partial charge >= 0.3 is 23.9 Å². The summed E-state index contributed by atoms with van der Waals surface area (Å²) >= 11 is 8.21. The molecule has 0 spiro atoms. The SMILES string of the molecule is COC(=O)c1ncc(Cl)cc1S[C@H]1OC(COC(C)=O)[C@H](OC(C)=O)C(n2cc(-c3nc(O)cs3)nn2)C1OC(C)=O. The van der Waals surface area contributed by atoms with E-state index in [0.717, 1.165) is 23.1 Å². The first kappa shape index (κ1) is 31.1. The van der Waals surface area contributed by atoms with Gasteiger partial charge in [-0.05, 0) is 6.07 Å². The number of thiazole rings is 1. The number of aromatic hydroxyl groups is 1. The predicted octanol–water partition coefficient (Wildman–Crippen LogP) is 2.43. The van der Waals surface area contributed by atoms with Gasteiger partial charge in [0.15, 0.2) is 17.9 Å². The van der Waals surface area contributed by atoms with Crippen LogP contribution in [0.4, 0.5) is 0 Å². The van der Waals surface area contributed by atoms with E-state index in [4.69, 9.17) is 35.3 Å². The lowest BCUT2D eigenvalue weighted by molar-refractivity contribution is -0.212. The van der Waals surface area contributed by atoms with Gasteiger partial charge in [-0.2, -0.15) is 0 Å². The minimum Gasteiger partial charge on any atom is -0.493 e. The van der Waals surface area contributed by atoms with Crippen LogP contribution >= 0.6 is 34.7 Å². The van der Waals surface area contributed by atoms with Crippen molar-refractivity contribution >= 4 is 58.6 Å². The molecule has 224 valence electrons. The van der Waals surface area contributed by atoms with Crippen molar-refractivity contribution in [2.24, 2.45) is 0 Å². The van der Waals surface area contributed by atoms with Crippen molar-refractivity contribution in [2.75, 3.05) is 13.7 Å². The molecule has 0 bridgehead atoms. The minimum atomic E-state index is -1.23. The second-order valence-corrected chi connectivity index (χ2v) is 11.1. The van der Waals surface area contributed by atoms with Gasteiger partial charge in [-0.15, -0.1) is 16.4 Å². The quantitative estimate of drug-likeness (QED) is 0.264. The van der Waals surface area contributed by atoms with Crippen molar-refractivity contribution in [1.82, 2.24) is 25.0 Å². The number of nitrogens with zero attached hydrogens (tertiary/aromatic N) is 5. The Morgan fingerprint density at radius 2 is 1.86 bits per heavy atom. The highest BCUT2D eigenvalue weighted by Gasteiger charge is 2.52. The summed E-state index contributed by atoms with van der Waals surface area (Å²) in [6.07, 6.45) is -0.807. The lowest BCUT2D eigenvalue weighted by Crippen LogP contribution is -2.57. The van der Waals surface area contributed by atoms with Crippen LogP contribution in [-0.4, -0.2) is 91.4 Å². The fourth-order valence-corrected chi connectivity index (χ4v) is 6.16. The number of rotatable bonds is 9. The highest BCUT2D eigenvalue weighted by molar-refractivity contribution is 8.00. The van der Waals surface area contributed by atoms with Gasteiger partial charge in [-0.3, -0.25) is 14.4 Å². The zero-order chi connectivity index (χ0) is 30.6. The molecule has 3 aromatic rings. The molecule has 0 amide bonds. The molecule has 1 fully saturated rings. The Morgan fingerprint density at radius 1 is 1.14 bits per heavy atom.